The third kappa shape index (κ3) is 3.38. The Morgan fingerprint density at radius 1 is 0.923 bits per heavy atom. The summed E-state index contributed by atoms with van der Waals surface area (Å²) in [5.41, 5.74) is 4.20. The predicted molar refractivity (Wildman–Crippen MR) is 117 cm³/mol. The second-order valence-corrected chi connectivity index (χ2v) is 13.4. The van der Waals surface area contributed by atoms with Gasteiger partial charge in [-0.3, -0.25) is 0 Å². The van der Waals surface area contributed by atoms with Crippen LogP contribution in [-0.2, 0) is 12.5 Å². The molecule has 0 saturated heterocycles. The molecule has 26 heavy (non-hydrogen) atoms. The predicted octanol–water partition coefficient (Wildman–Crippen LogP) is 6.94. The molecule has 132 valence electrons. The first-order chi connectivity index (χ1) is 12.5. The van der Waals surface area contributed by atoms with E-state index in [1.165, 1.54) is 32.7 Å². The average Bonchev–Trinajstić information content (AvgIpc) is 3.06. The molecule has 0 N–H and O–H groups in total. The van der Waals surface area contributed by atoms with Gasteiger partial charge in [-0.05, 0) is 51.9 Å². The molecule has 3 aromatic carbocycles. The summed E-state index contributed by atoms with van der Waals surface area (Å²) in [5, 5.41) is 4.17. The maximum atomic E-state index is 7.54. The summed E-state index contributed by atoms with van der Waals surface area (Å²) in [5.74, 6) is 0.610. The molecule has 1 unspecified atom stereocenters. The first kappa shape index (κ1) is 17.6. The molecule has 1 aliphatic rings. The highest BCUT2D eigenvalue weighted by molar-refractivity contribution is 7.24. The highest BCUT2D eigenvalue weighted by Crippen LogP contribution is 2.39. The largest absolute Gasteiger partial charge is 0.187 e. The van der Waals surface area contributed by atoms with E-state index >= 15 is 0 Å². The van der Waals surface area contributed by atoms with Crippen LogP contribution >= 0.6 is 11.1 Å². The fraction of sp³-hybridized carbons (Fsp3) is 0.250. The zero-order valence-electron chi connectivity index (χ0n) is 15.5. The lowest BCUT2D eigenvalue weighted by atomic mass is 10.1. The van der Waals surface area contributed by atoms with Gasteiger partial charge in [0.25, 0.3) is 0 Å². The van der Waals surface area contributed by atoms with Crippen molar-refractivity contribution in [2.75, 3.05) is 0 Å². The van der Waals surface area contributed by atoms with E-state index in [4.69, 9.17) is 11.1 Å². The summed E-state index contributed by atoms with van der Waals surface area (Å²) < 4.78 is 0. The third-order valence-corrected chi connectivity index (χ3v) is 10.9. The summed E-state index contributed by atoms with van der Waals surface area (Å²) in [6.07, 6.45) is 3.42. The lowest BCUT2D eigenvalue weighted by molar-refractivity contribution is 0.721. The lowest BCUT2D eigenvalue weighted by Crippen LogP contribution is -2.36. The molecular weight excluding hydrogens is 352 g/mol. The zero-order chi connectivity index (χ0) is 18.1. The Labute approximate surface area is 162 Å². The van der Waals surface area contributed by atoms with Crippen LogP contribution in [0.1, 0.15) is 30.5 Å². The van der Waals surface area contributed by atoms with Gasteiger partial charge in [-0.2, -0.15) is 11.1 Å². The van der Waals surface area contributed by atoms with Crippen LogP contribution in [0, 0.1) is 5.92 Å². The Bertz CT molecular complexity index is 967. The molecule has 0 saturated carbocycles. The second-order valence-electron chi connectivity index (χ2n) is 7.92. The summed E-state index contributed by atoms with van der Waals surface area (Å²) in [6.45, 7) is 4.60. The van der Waals surface area contributed by atoms with Crippen molar-refractivity contribution >= 4 is 35.3 Å². The highest BCUT2D eigenvalue weighted by atomic mass is 35.6. The van der Waals surface area contributed by atoms with Gasteiger partial charge in [0.05, 0.1) is 0 Å². The molecule has 0 nitrogen and oxygen atoms in total. The Morgan fingerprint density at radius 2 is 1.65 bits per heavy atom. The van der Waals surface area contributed by atoms with Crippen LogP contribution in [0.2, 0.25) is 6.04 Å². The molecule has 0 aliphatic heterocycles. The van der Waals surface area contributed by atoms with Crippen molar-refractivity contribution in [3.8, 4) is 0 Å². The molecule has 0 spiro atoms. The number of allylic oxidation sites excluding steroid dienone is 1. The summed E-state index contributed by atoms with van der Waals surface area (Å²) in [7, 11) is -2.10. The molecule has 0 radical (unpaired) electrons. The van der Waals surface area contributed by atoms with Gasteiger partial charge in [0.2, 0.25) is 0 Å². The van der Waals surface area contributed by atoms with Gasteiger partial charge < -0.3 is 0 Å². The van der Waals surface area contributed by atoms with E-state index in [-0.39, 0.29) is 0 Å². The second kappa shape index (κ2) is 7.06. The van der Waals surface area contributed by atoms with Crippen molar-refractivity contribution in [1.29, 1.82) is 0 Å². The fourth-order valence-corrected chi connectivity index (χ4v) is 9.76. The molecule has 0 heterocycles. The fourth-order valence-electron chi connectivity index (χ4n) is 4.28. The average molecular weight is 377 g/mol. The van der Waals surface area contributed by atoms with Crippen molar-refractivity contribution in [2.45, 2.75) is 32.4 Å². The third-order valence-electron chi connectivity index (χ3n) is 5.42. The molecule has 1 aliphatic carbocycles. The first-order valence-corrected chi connectivity index (χ1v) is 12.9. The molecule has 3 aromatic rings. The van der Waals surface area contributed by atoms with Crippen LogP contribution < -0.4 is 0 Å². The summed E-state index contributed by atoms with van der Waals surface area (Å²) in [4.78, 5) is 0. The molecule has 0 fully saturated rings. The van der Waals surface area contributed by atoms with Crippen LogP contribution in [0.25, 0.3) is 16.8 Å². The van der Waals surface area contributed by atoms with E-state index in [1.807, 2.05) is 0 Å². The molecule has 1 atom stereocenters. The van der Waals surface area contributed by atoms with Gasteiger partial charge in [0.1, 0.15) is 0 Å². The molecular formula is C24H25ClSi. The van der Waals surface area contributed by atoms with Crippen molar-refractivity contribution in [2.24, 2.45) is 5.92 Å². The Morgan fingerprint density at radius 3 is 2.46 bits per heavy atom. The van der Waals surface area contributed by atoms with E-state index < -0.39 is 7.38 Å². The maximum Gasteiger partial charge on any atom is 0.187 e. The van der Waals surface area contributed by atoms with Crippen LogP contribution in [0.15, 0.2) is 71.9 Å². The molecule has 0 aromatic heterocycles. The van der Waals surface area contributed by atoms with E-state index in [0.29, 0.717) is 5.92 Å². The smallest absolute Gasteiger partial charge is 0.161 e. The van der Waals surface area contributed by atoms with Gasteiger partial charge in [0, 0.05) is 0 Å². The van der Waals surface area contributed by atoms with E-state index in [0.717, 1.165) is 18.5 Å². The van der Waals surface area contributed by atoms with Gasteiger partial charge in [-0.25, -0.2) is 0 Å². The number of rotatable bonds is 5. The van der Waals surface area contributed by atoms with Crippen LogP contribution in [-0.4, -0.2) is 7.38 Å². The van der Waals surface area contributed by atoms with Gasteiger partial charge in [0.15, 0.2) is 7.38 Å². The molecule has 0 amide bonds. The van der Waals surface area contributed by atoms with E-state index in [2.05, 4.69) is 86.7 Å². The molecule has 0 bridgehead atoms. The quantitative estimate of drug-likeness (QED) is 0.334. The number of benzene rings is 3. The van der Waals surface area contributed by atoms with Crippen LogP contribution in [0.3, 0.4) is 0 Å². The van der Waals surface area contributed by atoms with Crippen molar-refractivity contribution in [3.63, 3.8) is 0 Å². The molecule has 4 rings (SSSR count). The maximum absolute atomic E-state index is 7.54. The van der Waals surface area contributed by atoms with Crippen LogP contribution in [0.4, 0.5) is 0 Å². The van der Waals surface area contributed by atoms with Gasteiger partial charge in [-0.15, -0.1) is 0 Å². The Hall–Kier alpha value is -1.83. The minimum Gasteiger partial charge on any atom is -0.161 e. The van der Waals surface area contributed by atoms with Crippen molar-refractivity contribution in [1.82, 2.24) is 0 Å². The number of hydrogen-bond donors (Lipinski definition) is 0. The number of fused-ring (bicyclic) bond motifs is 2. The van der Waals surface area contributed by atoms with Crippen LogP contribution in [0.5, 0.6) is 0 Å². The number of hydrogen-bond acceptors (Lipinski definition) is 0. The van der Waals surface area contributed by atoms with E-state index in [1.54, 1.807) is 0 Å². The number of halogens is 1. The van der Waals surface area contributed by atoms with Gasteiger partial charge in [-0.1, -0.05) is 91.8 Å². The van der Waals surface area contributed by atoms with Crippen molar-refractivity contribution in [3.05, 3.63) is 88.6 Å². The zero-order valence-corrected chi connectivity index (χ0v) is 17.3. The SMILES string of the molecule is CC(C)C[Si](Cl)(Cc1cccc2ccccc12)C1=Cc2ccccc2C1. The minimum absolute atomic E-state index is 0.610. The Balaban J connectivity index is 1.74. The lowest BCUT2D eigenvalue weighted by Gasteiger charge is -2.29. The normalized spacial score (nSPS) is 15.8. The van der Waals surface area contributed by atoms with Gasteiger partial charge >= 0.3 is 0 Å². The highest BCUT2D eigenvalue weighted by Gasteiger charge is 2.38. The minimum atomic E-state index is -2.10. The topological polar surface area (TPSA) is 0 Å². The summed E-state index contributed by atoms with van der Waals surface area (Å²) in [6, 6.07) is 26.2. The van der Waals surface area contributed by atoms with E-state index in [9.17, 15) is 0 Å². The monoisotopic (exact) mass is 376 g/mol. The van der Waals surface area contributed by atoms with Crippen molar-refractivity contribution < 1.29 is 0 Å². The first-order valence-electron chi connectivity index (χ1n) is 9.50. The summed E-state index contributed by atoms with van der Waals surface area (Å²) >= 11 is 7.54. The Kier molecular flexibility index (Phi) is 4.77. The standard InChI is InChI=1S/C24H25ClSi/c1-18(2)16-26(25,23-14-20-9-3-4-10-21(20)15-23)17-22-12-7-11-19-8-5-6-13-24(19)22/h3-14,18H,15-17H2,1-2H3. The molecule has 2 heteroatoms.